The van der Waals surface area contributed by atoms with E-state index in [2.05, 4.69) is 15.2 Å². The van der Waals surface area contributed by atoms with Crippen LogP contribution >= 0.6 is 11.3 Å². The van der Waals surface area contributed by atoms with E-state index in [1.54, 1.807) is 5.51 Å². The lowest BCUT2D eigenvalue weighted by Crippen LogP contribution is -2.39. The third-order valence-electron chi connectivity index (χ3n) is 3.62. The van der Waals surface area contributed by atoms with E-state index in [1.807, 2.05) is 23.4 Å². The molecule has 1 saturated heterocycles. The van der Waals surface area contributed by atoms with Gasteiger partial charge in [-0.05, 0) is 31.7 Å². The summed E-state index contributed by atoms with van der Waals surface area (Å²) in [7, 11) is 0. The van der Waals surface area contributed by atoms with E-state index in [1.165, 1.54) is 11.3 Å². The molecule has 1 fully saturated rings. The normalized spacial score (nSPS) is 19.6. The molecule has 0 radical (unpaired) electrons. The molecular formula is C13H16N4OS. The first-order chi connectivity index (χ1) is 9.27. The number of hydrogen-bond acceptors (Lipinski definition) is 4. The van der Waals surface area contributed by atoms with Gasteiger partial charge in [0.05, 0.1) is 23.4 Å². The van der Waals surface area contributed by atoms with Crippen LogP contribution in [0.4, 0.5) is 0 Å². The Bertz CT molecular complexity index is 563. The van der Waals surface area contributed by atoms with Crippen molar-refractivity contribution in [2.75, 3.05) is 6.54 Å². The molecular weight excluding hydrogens is 260 g/mol. The smallest absolute Gasteiger partial charge is 0.273 e. The van der Waals surface area contributed by atoms with Crippen LogP contribution in [0.1, 0.15) is 47.1 Å². The van der Waals surface area contributed by atoms with Gasteiger partial charge in [0.2, 0.25) is 0 Å². The maximum absolute atomic E-state index is 12.5. The van der Waals surface area contributed by atoms with Gasteiger partial charge in [-0.2, -0.15) is 5.10 Å². The Morgan fingerprint density at radius 1 is 1.53 bits per heavy atom. The number of hydrogen-bond donors (Lipinski definition) is 1. The molecule has 1 unspecified atom stereocenters. The second-order valence-electron chi connectivity index (χ2n) is 4.85. The zero-order valence-corrected chi connectivity index (χ0v) is 11.6. The van der Waals surface area contributed by atoms with Gasteiger partial charge in [0.25, 0.3) is 5.91 Å². The molecule has 1 N–H and O–H groups in total. The van der Waals surface area contributed by atoms with Crippen molar-refractivity contribution in [1.82, 2.24) is 20.1 Å². The van der Waals surface area contributed by atoms with E-state index < -0.39 is 0 Å². The number of carbonyl (C=O) groups excluding carboxylic acids is 1. The predicted molar refractivity (Wildman–Crippen MR) is 73.1 cm³/mol. The first-order valence-electron chi connectivity index (χ1n) is 6.46. The lowest BCUT2D eigenvalue weighted by molar-refractivity contribution is 0.0600. The van der Waals surface area contributed by atoms with Gasteiger partial charge in [-0.15, -0.1) is 11.3 Å². The average molecular weight is 276 g/mol. The Balaban J connectivity index is 1.90. The van der Waals surface area contributed by atoms with Crippen LogP contribution in [0.3, 0.4) is 0 Å². The second-order valence-corrected chi connectivity index (χ2v) is 5.57. The average Bonchev–Trinajstić information content (AvgIpc) is 3.09. The summed E-state index contributed by atoms with van der Waals surface area (Å²) < 4.78 is 0. The van der Waals surface area contributed by atoms with Crippen LogP contribution in [0.15, 0.2) is 17.1 Å². The lowest BCUT2D eigenvalue weighted by atomic mass is 9.97. The Hall–Kier alpha value is -1.69. The minimum atomic E-state index is 0.0277. The SMILES string of the molecule is Cc1cn[nH]c1C1CCCCN1C(=O)c1cscn1. The fourth-order valence-electron chi connectivity index (χ4n) is 2.63. The highest BCUT2D eigenvalue weighted by molar-refractivity contribution is 7.07. The molecule has 3 rings (SSSR count). The van der Waals surface area contributed by atoms with E-state index in [0.29, 0.717) is 5.69 Å². The van der Waals surface area contributed by atoms with Crippen LogP contribution in [0.25, 0.3) is 0 Å². The number of aromatic nitrogens is 3. The van der Waals surface area contributed by atoms with Crippen molar-refractivity contribution in [2.24, 2.45) is 0 Å². The van der Waals surface area contributed by atoms with Crippen molar-refractivity contribution < 1.29 is 4.79 Å². The summed E-state index contributed by atoms with van der Waals surface area (Å²) in [5.74, 6) is 0.0277. The van der Waals surface area contributed by atoms with Gasteiger partial charge < -0.3 is 4.90 Å². The van der Waals surface area contributed by atoms with Crippen LogP contribution in [0.2, 0.25) is 0 Å². The van der Waals surface area contributed by atoms with Crippen molar-refractivity contribution in [3.8, 4) is 0 Å². The van der Waals surface area contributed by atoms with E-state index in [4.69, 9.17) is 0 Å². The second kappa shape index (κ2) is 5.13. The third-order valence-corrected chi connectivity index (χ3v) is 4.20. The molecule has 100 valence electrons. The van der Waals surface area contributed by atoms with Crippen molar-refractivity contribution in [3.63, 3.8) is 0 Å². The molecule has 1 amide bonds. The monoisotopic (exact) mass is 276 g/mol. The van der Waals surface area contributed by atoms with Crippen molar-refractivity contribution >= 4 is 17.2 Å². The minimum absolute atomic E-state index is 0.0277. The van der Waals surface area contributed by atoms with Gasteiger partial charge in [0, 0.05) is 11.9 Å². The molecule has 1 aliphatic rings. The number of carbonyl (C=O) groups is 1. The first-order valence-corrected chi connectivity index (χ1v) is 7.40. The van der Waals surface area contributed by atoms with Crippen molar-refractivity contribution in [1.29, 1.82) is 0 Å². The van der Waals surface area contributed by atoms with Gasteiger partial charge in [-0.1, -0.05) is 0 Å². The predicted octanol–water partition coefficient (Wildman–Crippen LogP) is 2.54. The van der Waals surface area contributed by atoms with Gasteiger partial charge in [-0.25, -0.2) is 4.98 Å². The van der Waals surface area contributed by atoms with Crippen LogP contribution < -0.4 is 0 Å². The molecule has 0 aliphatic carbocycles. The van der Waals surface area contributed by atoms with Gasteiger partial charge in [0.1, 0.15) is 5.69 Å². The molecule has 2 aromatic rings. The number of likely N-dealkylation sites (tertiary alicyclic amines) is 1. The molecule has 1 aliphatic heterocycles. The molecule has 0 spiro atoms. The molecule has 1 atom stereocenters. The molecule has 0 saturated carbocycles. The summed E-state index contributed by atoms with van der Waals surface area (Å²) in [6, 6.07) is 0.102. The van der Waals surface area contributed by atoms with Crippen LogP contribution in [0.5, 0.6) is 0 Å². The van der Waals surface area contributed by atoms with Crippen molar-refractivity contribution in [2.45, 2.75) is 32.2 Å². The Morgan fingerprint density at radius 2 is 2.42 bits per heavy atom. The largest absolute Gasteiger partial charge is 0.329 e. The zero-order valence-electron chi connectivity index (χ0n) is 10.8. The highest BCUT2D eigenvalue weighted by Crippen LogP contribution is 2.32. The Labute approximate surface area is 115 Å². The number of amides is 1. The quantitative estimate of drug-likeness (QED) is 0.917. The highest BCUT2D eigenvalue weighted by atomic mass is 32.1. The highest BCUT2D eigenvalue weighted by Gasteiger charge is 2.31. The molecule has 0 bridgehead atoms. The van der Waals surface area contributed by atoms with Gasteiger partial charge >= 0.3 is 0 Å². The van der Waals surface area contributed by atoms with Crippen LogP contribution in [-0.4, -0.2) is 32.5 Å². The van der Waals surface area contributed by atoms with Crippen molar-refractivity contribution in [3.05, 3.63) is 34.0 Å². The number of H-pyrrole nitrogens is 1. The van der Waals surface area contributed by atoms with E-state index in [0.717, 1.165) is 37.1 Å². The summed E-state index contributed by atoms with van der Waals surface area (Å²) >= 11 is 1.46. The number of aryl methyl sites for hydroxylation is 1. The number of thiazole rings is 1. The van der Waals surface area contributed by atoms with E-state index >= 15 is 0 Å². The summed E-state index contributed by atoms with van der Waals surface area (Å²) in [4.78, 5) is 18.6. The maximum Gasteiger partial charge on any atom is 0.273 e. The topological polar surface area (TPSA) is 61.9 Å². The fraction of sp³-hybridized carbons (Fsp3) is 0.462. The van der Waals surface area contributed by atoms with E-state index in [-0.39, 0.29) is 11.9 Å². The van der Waals surface area contributed by atoms with Gasteiger partial charge in [0.15, 0.2) is 0 Å². The molecule has 2 aromatic heterocycles. The lowest BCUT2D eigenvalue weighted by Gasteiger charge is -2.35. The number of piperidine rings is 1. The summed E-state index contributed by atoms with van der Waals surface area (Å²) in [5, 5.41) is 8.93. The summed E-state index contributed by atoms with van der Waals surface area (Å²) in [6.45, 7) is 2.82. The Kier molecular flexibility index (Phi) is 3.33. The fourth-order valence-corrected chi connectivity index (χ4v) is 3.16. The minimum Gasteiger partial charge on any atom is -0.329 e. The molecule has 0 aromatic carbocycles. The molecule has 3 heterocycles. The third kappa shape index (κ3) is 2.28. The summed E-state index contributed by atoms with van der Waals surface area (Å²) in [5.41, 5.74) is 4.42. The van der Waals surface area contributed by atoms with Crippen LogP contribution in [0, 0.1) is 6.92 Å². The molecule has 19 heavy (non-hydrogen) atoms. The molecule has 5 nitrogen and oxygen atoms in total. The number of rotatable bonds is 2. The maximum atomic E-state index is 12.5. The zero-order chi connectivity index (χ0) is 13.2. The number of nitrogens with zero attached hydrogens (tertiary/aromatic N) is 3. The standard InChI is InChI=1S/C13H16N4OS/c1-9-6-15-16-12(9)11-4-2-3-5-17(11)13(18)10-7-19-8-14-10/h6-8,11H,2-5H2,1H3,(H,15,16). The first kappa shape index (κ1) is 12.3. The van der Waals surface area contributed by atoms with Gasteiger partial charge in [-0.3, -0.25) is 9.89 Å². The van der Waals surface area contributed by atoms with E-state index in [9.17, 15) is 4.79 Å². The molecule has 6 heteroatoms. The summed E-state index contributed by atoms with van der Waals surface area (Å²) in [6.07, 6.45) is 5.00. The number of aromatic amines is 1. The van der Waals surface area contributed by atoms with Crippen LogP contribution in [-0.2, 0) is 0 Å². The number of nitrogens with one attached hydrogen (secondary N) is 1. The Morgan fingerprint density at radius 3 is 3.11 bits per heavy atom.